The fourth-order valence-electron chi connectivity index (χ4n) is 0.856. The summed E-state index contributed by atoms with van der Waals surface area (Å²) in [6.07, 6.45) is 1.25. The predicted molar refractivity (Wildman–Crippen MR) is 55.7 cm³/mol. The Labute approximate surface area is 91.5 Å². The van der Waals surface area contributed by atoms with Gasteiger partial charge in [-0.2, -0.15) is 0 Å². The van der Waals surface area contributed by atoms with Crippen LogP contribution < -0.4 is 10.5 Å². The maximum absolute atomic E-state index is 13.1. The Morgan fingerprint density at radius 2 is 2.27 bits per heavy atom. The molecule has 84 valence electrons. The van der Waals surface area contributed by atoms with Gasteiger partial charge >= 0.3 is 0 Å². The van der Waals surface area contributed by atoms with Gasteiger partial charge in [-0.3, -0.25) is 0 Å². The first-order valence-corrected chi connectivity index (χ1v) is 6.03. The molecule has 0 aliphatic carbocycles. The van der Waals surface area contributed by atoms with Gasteiger partial charge in [0, 0.05) is 12.7 Å². The van der Waals surface area contributed by atoms with Gasteiger partial charge in [-0.1, -0.05) is 11.6 Å². The highest BCUT2D eigenvalue weighted by Gasteiger charge is 2.06. The molecule has 0 aliphatic rings. The summed E-state index contributed by atoms with van der Waals surface area (Å²) in [7, 11) is -3.55. The predicted octanol–water partition coefficient (Wildman–Crippen LogP) is 0.575. The van der Waals surface area contributed by atoms with E-state index in [9.17, 15) is 12.8 Å². The molecule has 0 atom stereocenters. The Morgan fingerprint density at radius 3 is 2.80 bits per heavy atom. The summed E-state index contributed by atoms with van der Waals surface area (Å²) >= 11 is 5.48. The van der Waals surface area contributed by atoms with E-state index in [-0.39, 0.29) is 23.1 Å². The summed E-state index contributed by atoms with van der Waals surface area (Å²) in [4.78, 5) is 3.64. The number of hydrogen-bond acceptors (Lipinski definition) is 4. The minimum absolute atomic E-state index is 0.00954. The van der Waals surface area contributed by atoms with Crippen LogP contribution in [-0.2, 0) is 10.0 Å². The number of nitrogens with one attached hydrogen (secondary N) is 1. The fraction of sp³-hybridized carbons (Fsp3) is 0.286. The van der Waals surface area contributed by atoms with Gasteiger partial charge in [-0.15, -0.1) is 0 Å². The van der Waals surface area contributed by atoms with Gasteiger partial charge in [0.05, 0.1) is 10.8 Å². The number of hydrogen-bond donors (Lipinski definition) is 2. The Morgan fingerprint density at radius 1 is 1.60 bits per heavy atom. The van der Waals surface area contributed by atoms with Crippen LogP contribution >= 0.6 is 11.6 Å². The van der Waals surface area contributed by atoms with E-state index in [2.05, 4.69) is 10.3 Å². The highest BCUT2D eigenvalue weighted by Crippen LogP contribution is 2.14. The van der Waals surface area contributed by atoms with E-state index in [4.69, 9.17) is 16.7 Å². The topological polar surface area (TPSA) is 85.1 Å². The normalized spacial score (nSPS) is 11.4. The molecule has 0 aromatic carbocycles. The zero-order chi connectivity index (χ0) is 11.5. The average Bonchev–Trinajstić information content (AvgIpc) is 2.07. The minimum atomic E-state index is -3.55. The molecule has 1 heterocycles. The maximum atomic E-state index is 13.1. The van der Waals surface area contributed by atoms with Gasteiger partial charge in [0.25, 0.3) is 0 Å². The largest absolute Gasteiger partial charge is 0.367 e. The number of sulfonamides is 1. The molecule has 5 nitrogen and oxygen atoms in total. The Kier molecular flexibility index (Phi) is 3.83. The summed E-state index contributed by atoms with van der Waals surface area (Å²) in [5, 5.41) is 7.42. The lowest BCUT2D eigenvalue weighted by Crippen LogP contribution is -2.22. The molecule has 15 heavy (non-hydrogen) atoms. The molecule has 1 aromatic heterocycles. The molecule has 0 amide bonds. The van der Waals surface area contributed by atoms with E-state index in [0.717, 1.165) is 6.07 Å². The van der Waals surface area contributed by atoms with Crippen molar-refractivity contribution >= 4 is 27.4 Å². The highest BCUT2D eigenvalue weighted by molar-refractivity contribution is 7.89. The zero-order valence-corrected chi connectivity index (χ0v) is 9.15. The Bertz CT molecular complexity index is 452. The first-order chi connectivity index (χ1) is 6.88. The molecule has 0 spiro atoms. The highest BCUT2D eigenvalue weighted by atomic mass is 35.5. The molecule has 1 aromatic rings. The number of anilines is 1. The van der Waals surface area contributed by atoms with E-state index >= 15 is 0 Å². The van der Waals surface area contributed by atoms with Crippen molar-refractivity contribution in [3.8, 4) is 0 Å². The molecular weight excluding hydrogens is 245 g/mol. The second-order valence-electron chi connectivity index (χ2n) is 2.78. The molecule has 1 rings (SSSR count). The molecule has 0 unspecified atom stereocenters. The first-order valence-electron chi connectivity index (χ1n) is 3.94. The number of primary sulfonamides is 1. The molecule has 8 heteroatoms. The van der Waals surface area contributed by atoms with Crippen LogP contribution in [0.5, 0.6) is 0 Å². The third-order valence-corrected chi connectivity index (χ3v) is 2.47. The SMILES string of the molecule is NS(=O)(=O)CCNc1ncc(Cl)cc1F. The lowest BCUT2D eigenvalue weighted by molar-refractivity contribution is 0.597. The molecule has 0 fully saturated rings. The van der Waals surface area contributed by atoms with Crippen LogP contribution in [-0.4, -0.2) is 25.7 Å². The second kappa shape index (κ2) is 4.73. The fourth-order valence-corrected chi connectivity index (χ4v) is 1.39. The number of pyridine rings is 1. The van der Waals surface area contributed by atoms with Gasteiger partial charge in [-0.05, 0) is 6.07 Å². The first kappa shape index (κ1) is 12.2. The van der Waals surface area contributed by atoms with Crippen molar-refractivity contribution in [2.45, 2.75) is 0 Å². The zero-order valence-electron chi connectivity index (χ0n) is 7.57. The monoisotopic (exact) mass is 253 g/mol. The number of halogens is 2. The number of aromatic nitrogens is 1. The van der Waals surface area contributed by atoms with Crippen molar-refractivity contribution in [1.29, 1.82) is 0 Å². The number of rotatable bonds is 4. The molecule has 0 bridgehead atoms. The van der Waals surface area contributed by atoms with Gasteiger partial charge in [0.2, 0.25) is 10.0 Å². The van der Waals surface area contributed by atoms with Crippen molar-refractivity contribution < 1.29 is 12.8 Å². The van der Waals surface area contributed by atoms with Gasteiger partial charge < -0.3 is 5.32 Å². The molecule has 0 aliphatic heterocycles. The summed E-state index contributed by atoms with van der Waals surface area (Å²) in [5.41, 5.74) is 0. The van der Waals surface area contributed by atoms with Gasteiger partial charge in [-0.25, -0.2) is 22.9 Å². The molecular formula is C7H9ClFN3O2S. The van der Waals surface area contributed by atoms with Crippen molar-refractivity contribution in [3.63, 3.8) is 0 Å². The van der Waals surface area contributed by atoms with Crippen LogP contribution in [0.1, 0.15) is 0 Å². The molecule has 0 saturated heterocycles. The lowest BCUT2D eigenvalue weighted by Gasteiger charge is -2.05. The van der Waals surface area contributed by atoms with Crippen LogP contribution in [0.25, 0.3) is 0 Å². The van der Waals surface area contributed by atoms with E-state index < -0.39 is 15.8 Å². The summed E-state index contributed by atoms with van der Waals surface area (Å²) in [5.74, 6) is -0.989. The van der Waals surface area contributed by atoms with E-state index in [1.54, 1.807) is 0 Å². The van der Waals surface area contributed by atoms with Gasteiger partial charge in [0.1, 0.15) is 0 Å². The average molecular weight is 254 g/mol. The van der Waals surface area contributed by atoms with Crippen LogP contribution in [0, 0.1) is 5.82 Å². The van der Waals surface area contributed by atoms with Crippen LogP contribution in [0.2, 0.25) is 5.02 Å². The number of nitrogens with zero attached hydrogens (tertiary/aromatic N) is 1. The van der Waals surface area contributed by atoms with Crippen molar-refractivity contribution in [2.75, 3.05) is 17.6 Å². The smallest absolute Gasteiger partial charge is 0.210 e. The van der Waals surface area contributed by atoms with E-state index in [1.165, 1.54) is 6.20 Å². The maximum Gasteiger partial charge on any atom is 0.210 e. The second-order valence-corrected chi connectivity index (χ2v) is 4.95. The summed E-state index contributed by atoms with van der Waals surface area (Å²) in [6, 6.07) is 1.08. The van der Waals surface area contributed by atoms with Crippen molar-refractivity contribution in [2.24, 2.45) is 5.14 Å². The van der Waals surface area contributed by atoms with Crippen LogP contribution in [0.3, 0.4) is 0 Å². The summed E-state index contributed by atoms with van der Waals surface area (Å²) < 4.78 is 34.2. The van der Waals surface area contributed by atoms with Crippen molar-refractivity contribution in [1.82, 2.24) is 4.98 Å². The quantitative estimate of drug-likeness (QED) is 0.822. The Balaban J connectivity index is 2.59. The van der Waals surface area contributed by atoms with Gasteiger partial charge in [0.15, 0.2) is 11.6 Å². The minimum Gasteiger partial charge on any atom is -0.367 e. The summed E-state index contributed by atoms with van der Waals surface area (Å²) in [6.45, 7) is -0.00954. The molecule has 3 N–H and O–H groups in total. The van der Waals surface area contributed by atoms with Crippen LogP contribution in [0.15, 0.2) is 12.3 Å². The molecule has 0 radical (unpaired) electrons. The number of nitrogens with two attached hydrogens (primary N) is 1. The molecule has 0 saturated carbocycles. The van der Waals surface area contributed by atoms with Crippen LogP contribution in [0.4, 0.5) is 10.2 Å². The third-order valence-electron chi connectivity index (χ3n) is 1.49. The van der Waals surface area contributed by atoms with Crippen molar-refractivity contribution in [3.05, 3.63) is 23.1 Å². The standard InChI is InChI=1S/C7H9ClFN3O2S/c8-5-3-6(9)7(12-4-5)11-1-2-15(10,13)14/h3-4H,1-2H2,(H,11,12)(H2,10,13,14). The van der Waals surface area contributed by atoms with E-state index in [1.807, 2.05) is 0 Å². The van der Waals surface area contributed by atoms with E-state index in [0.29, 0.717) is 0 Å². The third kappa shape index (κ3) is 4.41. The lowest BCUT2D eigenvalue weighted by atomic mass is 10.4. The Hall–Kier alpha value is -0.920.